The molecule has 2 nitrogen and oxygen atoms in total. The Morgan fingerprint density at radius 3 is 2.53 bits per heavy atom. The van der Waals surface area contributed by atoms with Gasteiger partial charge in [-0.1, -0.05) is 13.8 Å². The summed E-state index contributed by atoms with van der Waals surface area (Å²) in [7, 11) is 0. The van der Waals surface area contributed by atoms with E-state index in [9.17, 15) is 0 Å². The van der Waals surface area contributed by atoms with E-state index in [1.165, 1.54) is 51.9 Å². The number of nitrogens with one attached hydrogen (secondary N) is 1. The molecule has 2 fully saturated rings. The molecule has 0 amide bonds. The van der Waals surface area contributed by atoms with Crippen molar-refractivity contribution >= 4 is 0 Å². The molecule has 0 spiro atoms. The second-order valence-corrected chi connectivity index (χ2v) is 5.65. The third-order valence-corrected chi connectivity index (χ3v) is 4.25. The van der Waals surface area contributed by atoms with Crippen LogP contribution in [-0.2, 0) is 0 Å². The minimum absolute atomic E-state index is 0.836. The van der Waals surface area contributed by atoms with Crippen LogP contribution >= 0.6 is 0 Å². The van der Waals surface area contributed by atoms with Crippen molar-refractivity contribution in [1.29, 1.82) is 0 Å². The Morgan fingerprint density at radius 2 is 1.93 bits per heavy atom. The first kappa shape index (κ1) is 11.4. The summed E-state index contributed by atoms with van der Waals surface area (Å²) in [6.07, 6.45) is 5.58. The van der Waals surface area contributed by atoms with Crippen molar-refractivity contribution in [1.82, 2.24) is 10.2 Å². The number of rotatable bonds is 4. The smallest absolute Gasteiger partial charge is 0.00680 e. The normalized spacial score (nSPS) is 37.6. The van der Waals surface area contributed by atoms with Crippen molar-refractivity contribution in [3.63, 3.8) is 0 Å². The molecule has 0 bridgehead atoms. The molecule has 2 aliphatic heterocycles. The fraction of sp³-hybridized carbons (Fsp3) is 1.00. The van der Waals surface area contributed by atoms with E-state index >= 15 is 0 Å². The number of hydrogen-bond donors (Lipinski definition) is 1. The van der Waals surface area contributed by atoms with Crippen molar-refractivity contribution < 1.29 is 0 Å². The summed E-state index contributed by atoms with van der Waals surface area (Å²) in [5.41, 5.74) is 0. The summed E-state index contributed by atoms with van der Waals surface area (Å²) < 4.78 is 0. The molecule has 2 aliphatic rings. The molecule has 0 aromatic rings. The van der Waals surface area contributed by atoms with Gasteiger partial charge in [-0.2, -0.15) is 0 Å². The molecular formula is C13H26N2. The first-order valence-electron chi connectivity index (χ1n) is 6.71. The van der Waals surface area contributed by atoms with Gasteiger partial charge in [0, 0.05) is 19.1 Å². The maximum atomic E-state index is 3.58. The standard InChI is InChI=1S/C13H26N2/c1-11-9-15(10-12(11)2)8-4-6-13-5-3-7-14-13/h11-14H,3-10H2,1-2H3. The van der Waals surface area contributed by atoms with Crippen LogP contribution in [0.3, 0.4) is 0 Å². The van der Waals surface area contributed by atoms with E-state index in [-0.39, 0.29) is 0 Å². The molecule has 2 saturated heterocycles. The van der Waals surface area contributed by atoms with Crippen molar-refractivity contribution in [3.05, 3.63) is 0 Å². The SMILES string of the molecule is CC1CN(CCCC2CCCN2)CC1C. The quantitative estimate of drug-likeness (QED) is 0.764. The van der Waals surface area contributed by atoms with Gasteiger partial charge in [0.05, 0.1) is 0 Å². The lowest BCUT2D eigenvalue weighted by atomic mass is 10.0. The van der Waals surface area contributed by atoms with Crippen LogP contribution in [0.1, 0.15) is 39.5 Å². The van der Waals surface area contributed by atoms with Gasteiger partial charge in [0.1, 0.15) is 0 Å². The summed E-state index contributed by atoms with van der Waals surface area (Å²) in [6, 6.07) is 0.836. The van der Waals surface area contributed by atoms with Crippen molar-refractivity contribution in [2.24, 2.45) is 11.8 Å². The van der Waals surface area contributed by atoms with E-state index in [0.717, 1.165) is 17.9 Å². The maximum absolute atomic E-state index is 3.58. The van der Waals surface area contributed by atoms with E-state index in [4.69, 9.17) is 0 Å². The third-order valence-electron chi connectivity index (χ3n) is 4.25. The Balaban J connectivity index is 1.58. The second kappa shape index (κ2) is 5.31. The molecule has 0 aromatic carbocycles. The molecule has 3 unspecified atom stereocenters. The number of hydrogen-bond acceptors (Lipinski definition) is 2. The Morgan fingerprint density at radius 1 is 1.20 bits per heavy atom. The molecule has 1 N–H and O–H groups in total. The van der Waals surface area contributed by atoms with E-state index in [1.54, 1.807) is 0 Å². The van der Waals surface area contributed by atoms with Gasteiger partial charge in [-0.25, -0.2) is 0 Å². The zero-order valence-electron chi connectivity index (χ0n) is 10.3. The van der Waals surface area contributed by atoms with E-state index in [0.29, 0.717) is 0 Å². The molecule has 2 heterocycles. The Bertz CT molecular complexity index is 177. The molecule has 88 valence electrons. The second-order valence-electron chi connectivity index (χ2n) is 5.65. The number of likely N-dealkylation sites (tertiary alicyclic amines) is 1. The van der Waals surface area contributed by atoms with Crippen LogP contribution in [0.25, 0.3) is 0 Å². The minimum atomic E-state index is 0.836. The minimum Gasteiger partial charge on any atom is -0.314 e. The van der Waals surface area contributed by atoms with Gasteiger partial charge in [0.2, 0.25) is 0 Å². The van der Waals surface area contributed by atoms with Crippen LogP contribution in [-0.4, -0.2) is 37.1 Å². The van der Waals surface area contributed by atoms with Gasteiger partial charge in [0.25, 0.3) is 0 Å². The molecule has 15 heavy (non-hydrogen) atoms. The number of nitrogens with zero attached hydrogens (tertiary/aromatic N) is 1. The van der Waals surface area contributed by atoms with Crippen LogP contribution in [0, 0.1) is 11.8 Å². The Labute approximate surface area is 94.4 Å². The maximum Gasteiger partial charge on any atom is 0.00680 e. The average molecular weight is 210 g/mol. The van der Waals surface area contributed by atoms with Gasteiger partial charge in [-0.05, 0) is 50.6 Å². The summed E-state index contributed by atoms with van der Waals surface area (Å²) in [6.45, 7) is 10.0. The molecule has 0 saturated carbocycles. The van der Waals surface area contributed by atoms with Gasteiger partial charge in [0.15, 0.2) is 0 Å². The predicted molar refractivity (Wildman–Crippen MR) is 65.0 cm³/mol. The monoisotopic (exact) mass is 210 g/mol. The van der Waals surface area contributed by atoms with Crippen LogP contribution in [0.5, 0.6) is 0 Å². The van der Waals surface area contributed by atoms with Gasteiger partial charge >= 0.3 is 0 Å². The van der Waals surface area contributed by atoms with Crippen LogP contribution in [0.4, 0.5) is 0 Å². The van der Waals surface area contributed by atoms with E-state index in [1.807, 2.05) is 0 Å². The first-order chi connectivity index (χ1) is 7.25. The fourth-order valence-corrected chi connectivity index (χ4v) is 3.00. The average Bonchev–Trinajstić information content (AvgIpc) is 2.79. The Hall–Kier alpha value is -0.0800. The molecule has 0 radical (unpaired) electrons. The molecular weight excluding hydrogens is 184 g/mol. The lowest BCUT2D eigenvalue weighted by Gasteiger charge is -2.16. The van der Waals surface area contributed by atoms with Crippen molar-refractivity contribution in [3.8, 4) is 0 Å². The molecule has 0 aromatic heterocycles. The third kappa shape index (κ3) is 3.18. The van der Waals surface area contributed by atoms with Gasteiger partial charge < -0.3 is 10.2 Å². The van der Waals surface area contributed by atoms with E-state index < -0.39 is 0 Å². The van der Waals surface area contributed by atoms with Crippen molar-refractivity contribution in [2.75, 3.05) is 26.2 Å². The highest BCUT2D eigenvalue weighted by Gasteiger charge is 2.25. The summed E-state index contributed by atoms with van der Waals surface area (Å²) in [5.74, 6) is 1.82. The molecule has 0 aliphatic carbocycles. The lowest BCUT2D eigenvalue weighted by molar-refractivity contribution is 0.309. The molecule has 2 heteroatoms. The largest absolute Gasteiger partial charge is 0.314 e. The van der Waals surface area contributed by atoms with Crippen LogP contribution in [0.15, 0.2) is 0 Å². The zero-order valence-corrected chi connectivity index (χ0v) is 10.3. The summed E-state index contributed by atoms with van der Waals surface area (Å²) in [4.78, 5) is 2.66. The fourth-order valence-electron chi connectivity index (χ4n) is 3.00. The van der Waals surface area contributed by atoms with Gasteiger partial charge in [-0.15, -0.1) is 0 Å². The zero-order chi connectivity index (χ0) is 10.7. The first-order valence-corrected chi connectivity index (χ1v) is 6.71. The lowest BCUT2D eigenvalue weighted by Crippen LogP contribution is -2.26. The topological polar surface area (TPSA) is 15.3 Å². The highest BCUT2D eigenvalue weighted by molar-refractivity contribution is 4.79. The summed E-state index contributed by atoms with van der Waals surface area (Å²) in [5, 5.41) is 3.58. The Kier molecular flexibility index (Phi) is 4.04. The highest BCUT2D eigenvalue weighted by Crippen LogP contribution is 2.22. The van der Waals surface area contributed by atoms with E-state index in [2.05, 4.69) is 24.1 Å². The summed E-state index contributed by atoms with van der Waals surface area (Å²) >= 11 is 0. The predicted octanol–water partition coefficient (Wildman–Crippen LogP) is 2.11. The van der Waals surface area contributed by atoms with Gasteiger partial charge in [-0.3, -0.25) is 0 Å². The molecule has 2 rings (SSSR count). The van der Waals surface area contributed by atoms with Crippen LogP contribution < -0.4 is 5.32 Å². The van der Waals surface area contributed by atoms with Crippen LogP contribution in [0.2, 0.25) is 0 Å². The molecule has 3 atom stereocenters. The van der Waals surface area contributed by atoms with Crippen molar-refractivity contribution in [2.45, 2.75) is 45.6 Å². The highest BCUT2D eigenvalue weighted by atomic mass is 15.1.